The quantitative estimate of drug-likeness (QED) is 0.464. The van der Waals surface area contributed by atoms with Crippen molar-refractivity contribution in [3.8, 4) is 0 Å². The molecular weight excluding hydrogens is 270 g/mol. The highest BCUT2D eigenvalue weighted by molar-refractivity contribution is 6.53. The molecule has 0 N–H and O–H groups in total. The van der Waals surface area contributed by atoms with Crippen LogP contribution in [0.2, 0.25) is 20.1 Å². The molecule has 6 heteroatoms. The third-order valence-corrected chi connectivity index (χ3v) is 3.41. The molecule has 1 aromatic rings. The van der Waals surface area contributed by atoms with Gasteiger partial charge >= 0.3 is 0 Å². The molecule has 0 aliphatic rings. The van der Waals surface area contributed by atoms with Gasteiger partial charge in [-0.3, -0.25) is 9.59 Å². The van der Waals surface area contributed by atoms with E-state index >= 15 is 0 Å². The van der Waals surface area contributed by atoms with E-state index in [1.54, 1.807) is 0 Å². The Labute approximate surface area is 99.7 Å². The zero-order valence-electron chi connectivity index (χ0n) is 6.48. The van der Waals surface area contributed by atoms with Gasteiger partial charge in [-0.15, -0.1) is 0 Å². The molecule has 2 nitrogen and oxygen atoms in total. The Kier molecular flexibility index (Phi) is 3.78. The number of aldehydes is 2. The predicted octanol–water partition coefficient (Wildman–Crippen LogP) is 3.93. The predicted molar refractivity (Wildman–Crippen MR) is 57.3 cm³/mol. The molecule has 0 amide bonds. The van der Waals surface area contributed by atoms with Gasteiger partial charge in [-0.05, 0) is 0 Å². The molecule has 0 aliphatic carbocycles. The van der Waals surface area contributed by atoms with E-state index in [1.807, 2.05) is 0 Å². The third-order valence-electron chi connectivity index (χ3n) is 1.58. The molecule has 0 fully saturated rings. The molecule has 74 valence electrons. The number of benzene rings is 1. The largest absolute Gasteiger partial charge is 0.298 e. The molecule has 0 unspecified atom stereocenters. The number of halogens is 4. The fourth-order valence-corrected chi connectivity index (χ4v) is 1.87. The molecule has 0 heterocycles. The van der Waals surface area contributed by atoms with Crippen LogP contribution in [0.25, 0.3) is 0 Å². The minimum Gasteiger partial charge on any atom is -0.298 e. The maximum absolute atomic E-state index is 10.6. The molecule has 0 radical (unpaired) electrons. The number of hydrogen-bond donors (Lipinski definition) is 0. The van der Waals surface area contributed by atoms with Crippen molar-refractivity contribution in [2.75, 3.05) is 0 Å². The number of hydrogen-bond acceptors (Lipinski definition) is 2. The third kappa shape index (κ3) is 1.75. The Bertz CT molecular complexity index is 376. The highest BCUT2D eigenvalue weighted by Gasteiger charge is 2.19. The van der Waals surface area contributed by atoms with Crippen LogP contribution >= 0.6 is 46.4 Å². The summed E-state index contributed by atoms with van der Waals surface area (Å²) < 4.78 is 0. The van der Waals surface area contributed by atoms with Crippen molar-refractivity contribution in [1.82, 2.24) is 0 Å². The number of rotatable bonds is 2. The lowest BCUT2D eigenvalue weighted by molar-refractivity contribution is 0.109. The van der Waals surface area contributed by atoms with Crippen molar-refractivity contribution in [2.24, 2.45) is 0 Å². The summed E-state index contributed by atoms with van der Waals surface area (Å²) >= 11 is 22.7. The molecule has 0 bridgehead atoms. The second-order valence-electron chi connectivity index (χ2n) is 2.32. The van der Waals surface area contributed by atoms with E-state index in [1.165, 1.54) is 0 Å². The fourth-order valence-electron chi connectivity index (χ4n) is 0.896. The van der Waals surface area contributed by atoms with Gasteiger partial charge < -0.3 is 0 Å². The first-order chi connectivity index (χ1) is 6.54. The van der Waals surface area contributed by atoms with E-state index in [0.717, 1.165) is 0 Å². The smallest absolute Gasteiger partial charge is 0.152 e. The van der Waals surface area contributed by atoms with E-state index in [0.29, 0.717) is 12.6 Å². The van der Waals surface area contributed by atoms with Crippen molar-refractivity contribution in [2.45, 2.75) is 0 Å². The van der Waals surface area contributed by atoms with Gasteiger partial charge in [-0.1, -0.05) is 46.4 Å². The summed E-state index contributed by atoms with van der Waals surface area (Å²) in [5.41, 5.74) is -0.109. The maximum atomic E-state index is 10.6. The van der Waals surface area contributed by atoms with Crippen molar-refractivity contribution in [3.05, 3.63) is 31.2 Å². The van der Waals surface area contributed by atoms with Crippen LogP contribution in [0, 0.1) is 0 Å². The Hall–Kier alpha value is -0.280. The average Bonchev–Trinajstić information content (AvgIpc) is 2.20. The Balaban J connectivity index is 3.73. The number of carbonyl (C=O) groups excluding carboxylic acids is 2. The summed E-state index contributed by atoms with van der Waals surface area (Å²) in [6, 6.07) is 0. The molecule has 0 spiro atoms. The topological polar surface area (TPSA) is 34.1 Å². The molecule has 14 heavy (non-hydrogen) atoms. The van der Waals surface area contributed by atoms with Crippen LogP contribution in [0.15, 0.2) is 0 Å². The van der Waals surface area contributed by atoms with E-state index in [-0.39, 0.29) is 31.2 Å². The summed E-state index contributed by atoms with van der Waals surface area (Å²) in [7, 11) is 0. The Morgan fingerprint density at radius 1 is 0.643 bits per heavy atom. The second-order valence-corrected chi connectivity index (χ2v) is 3.83. The zero-order chi connectivity index (χ0) is 10.9. The van der Waals surface area contributed by atoms with Crippen molar-refractivity contribution < 1.29 is 9.59 Å². The fraction of sp³-hybridized carbons (Fsp3) is 0. The van der Waals surface area contributed by atoms with Gasteiger partial charge in [0.05, 0.1) is 20.1 Å². The molecule has 0 saturated heterocycles. The summed E-state index contributed by atoms with van der Waals surface area (Å²) in [6.45, 7) is 0. The van der Waals surface area contributed by atoms with Gasteiger partial charge in [0.15, 0.2) is 12.6 Å². The normalized spacial score (nSPS) is 10.0. The van der Waals surface area contributed by atoms with E-state index in [9.17, 15) is 9.59 Å². The van der Waals surface area contributed by atoms with Crippen molar-refractivity contribution >= 4 is 59.0 Å². The van der Waals surface area contributed by atoms with E-state index < -0.39 is 0 Å². The van der Waals surface area contributed by atoms with Crippen LogP contribution in [0.1, 0.15) is 20.7 Å². The molecule has 0 atom stereocenters. The molecule has 0 aliphatic heterocycles. The van der Waals surface area contributed by atoms with Gasteiger partial charge in [0.1, 0.15) is 0 Å². The van der Waals surface area contributed by atoms with Crippen LogP contribution in [-0.4, -0.2) is 12.6 Å². The summed E-state index contributed by atoms with van der Waals surface area (Å²) in [5, 5.41) is -0.214. The summed E-state index contributed by atoms with van der Waals surface area (Å²) in [4.78, 5) is 21.2. The van der Waals surface area contributed by atoms with E-state index in [2.05, 4.69) is 0 Å². The lowest BCUT2D eigenvalue weighted by Crippen LogP contribution is -1.95. The number of carbonyl (C=O) groups is 2. The first-order valence-electron chi connectivity index (χ1n) is 3.30. The minimum atomic E-state index is -0.0711. The van der Waals surface area contributed by atoms with Gasteiger partial charge in [-0.2, -0.15) is 0 Å². The van der Waals surface area contributed by atoms with Crippen molar-refractivity contribution in [3.63, 3.8) is 0 Å². The highest BCUT2D eigenvalue weighted by Crippen LogP contribution is 2.40. The van der Waals surface area contributed by atoms with Gasteiger partial charge in [0, 0.05) is 11.1 Å². The monoisotopic (exact) mass is 270 g/mol. The Morgan fingerprint density at radius 3 is 1.14 bits per heavy atom. The SMILES string of the molecule is O=Cc1c(Cl)c(Cl)c(Cl)c(Cl)c1C=O. The zero-order valence-corrected chi connectivity index (χ0v) is 9.51. The van der Waals surface area contributed by atoms with Crippen molar-refractivity contribution in [1.29, 1.82) is 0 Å². The lowest BCUT2D eigenvalue weighted by atomic mass is 10.1. The van der Waals surface area contributed by atoms with Crippen LogP contribution in [0.4, 0.5) is 0 Å². The minimum absolute atomic E-state index is 0.0361. The molecular formula is C8H2Cl4O2. The van der Waals surface area contributed by atoms with Gasteiger partial charge in [-0.25, -0.2) is 0 Å². The Morgan fingerprint density at radius 2 is 0.929 bits per heavy atom. The molecule has 1 aromatic carbocycles. The van der Waals surface area contributed by atoms with Gasteiger partial charge in [0.25, 0.3) is 0 Å². The van der Waals surface area contributed by atoms with E-state index in [4.69, 9.17) is 46.4 Å². The first-order valence-corrected chi connectivity index (χ1v) is 4.82. The standard InChI is InChI=1S/C8H2Cl4O2/c9-5-3(1-13)4(2-14)6(10)8(12)7(5)11/h1-2H. The maximum Gasteiger partial charge on any atom is 0.152 e. The average molecular weight is 272 g/mol. The van der Waals surface area contributed by atoms with Gasteiger partial charge in [0.2, 0.25) is 0 Å². The molecule has 0 aromatic heterocycles. The second kappa shape index (κ2) is 4.49. The molecule has 1 rings (SSSR count). The van der Waals surface area contributed by atoms with Crippen LogP contribution < -0.4 is 0 Å². The first kappa shape index (κ1) is 11.8. The van der Waals surface area contributed by atoms with Crippen LogP contribution in [0.3, 0.4) is 0 Å². The summed E-state index contributed by atoms with van der Waals surface area (Å²) in [6.07, 6.45) is 0.806. The van der Waals surface area contributed by atoms with Crippen LogP contribution in [0.5, 0.6) is 0 Å². The summed E-state index contributed by atoms with van der Waals surface area (Å²) in [5.74, 6) is 0. The highest BCUT2D eigenvalue weighted by atomic mass is 35.5. The lowest BCUT2D eigenvalue weighted by Gasteiger charge is -2.07. The van der Waals surface area contributed by atoms with Crippen LogP contribution in [-0.2, 0) is 0 Å². The molecule has 0 saturated carbocycles.